The van der Waals surface area contributed by atoms with Gasteiger partial charge in [0.2, 0.25) is 0 Å². The second-order valence-corrected chi connectivity index (χ2v) is 2.12. The SMILES string of the molecule is C=CCc1ccccc1O.P.S.[Zn]. The first-order valence-corrected chi connectivity index (χ1v) is 3.22. The molecule has 0 aromatic heterocycles. The molecule has 4 heteroatoms. The molecule has 13 heavy (non-hydrogen) atoms. The standard InChI is InChI=1S/C9H10O.H3P.H2S.Zn/c1-2-5-8-6-3-4-7-9(8)10;;;/h2-4,6-7,10H,1,5H2;1H3;1H2;. The van der Waals surface area contributed by atoms with E-state index in [0.29, 0.717) is 5.75 Å². The molecule has 1 aromatic rings. The molecule has 1 atom stereocenters. The number of hydrogen-bond acceptors (Lipinski definition) is 1. The van der Waals surface area contributed by atoms with Crippen LogP contribution in [0.25, 0.3) is 0 Å². The maximum absolute atomic E-state index is 9.19. The molecule has 0 saturated carbocycles. The van der Waals surface area contributed by atoms with Crippen LogP contribution in [0.4, 0.5) is 0 Å². The van der Waals surface area contributed by atoms with E-state index in [2.05, 4.69) is 6.58 Å². The Bertz CT molecular complexity index is 243. The van der Waals surface area contributed by atoms with Crippen molar-refractivity contribution < 1.29 is 24.6 Å². The molecule has 0 amide bonds. The predicted octanol–water partition coefficient (Wildman–Crippen LogP) is 2.29. The van der Waals surface area contributed by atoms with Crippen LogP contribution in [0.3, 0.4) is 0 Å². The van der Waals surface area contributed by atoms with Crippen LogP contribution in [0, 0.1) is 0 Å². The summed E-state index contributed by atoms with van der Waals surface area (Å²) in [7, 11) is 0. The van der Waals surface area contributed by atoms with Crippen molar-refractivity contribution in [3.63, 3.8) is 0 Å². The number of phenols is 1. The molecule has 0 fully saturated rings. The molecule has 1 aromatic carbocycles. The second kappa shape index (κ2) is 10.2. The van der Waals surface area contributed by atoms with Crippen LogP contribution < -0.4 is 0 Å². The Morgan fingerprint density at radius 3 is 2.31 bits per heavy atom. The fraction of sp³-hybridized carbons (Fsp3) is 0.111. The van der Waals surface area contributed by atoms with Crippen LogP contribution in [0.1, 0.15) is 5.56 Å². The maximum atomic E-state index is 9.19. The van der Waals surface area contributed by atoms with Crippen molar-refractivity contribution >= 4 is 23.4 Å². The van der Waals surface area contributed by atoms with Crippen molar-refractivity contribution in [3.8, 4) is 5.75 Å². The predicted molar refractivity (Wildman–Crippen MR) is 63.5 cm³/mol. The van der Waals surface area contributed by atoms with E-state index in [9.17, 15) is 5.11 Å². The minimum Gasteiger partial charge on any atom is -0.508 e. The summed E-state index contributed by atoms with van der Waals surface area (Å²) < 4.78 is 0. The van der Waals surface area contributed by atoms with Crippen LogP contribution >= 0.6 is 23.4 Å². The minimum absolute atomic E-state index is 0. The molecular formula is C9H15OPSZn. The van der Waals surface area contributed by atoms with E-state index < -0.39 is 0 Å². The summed E-state index contributed by atoms with van der Waals surface area (Å²) in [6.45, 7) is 3.59. The summed E-state index contributed by atoms with van der Waals surface area (Å²) >= 11 is 0. The molecule has 1 rings (SSSR count). The van der Waals surface area contributed by atoms with Crippen molar-refractivity contribution in [3.05, 3.63) is 42.5 Å². The minimum atomic E-state index is 0. The van der Waals surface area contributed by atoms with Gasteiger partial charge in [0, 0.05) is 19.5 Å². The number of phenolic OH excluding ortho intramolecular Hbond substituents is 1. The average molecular weight is 268 g/mol. The zero-order valence-electron chi connectivity index (χ0n) is 7.66. The third-order valence-electron chi connectivity index (χ3n) is 1.36. The van der Waals surface area contributed by atoms with Gasteiger partial charge in [-0.3, -0.25) is 0 Å². The molecule has 0 spiro atoms. The number of para-hydroxylation sites is 1. The van der Waals surface area contributed by atoms with Gasteiger partial charge < -0.3 is 5.11 Å². The van der Waals surface area contributed by atoms with Gasteiger partial charge in [0.05, 0.1) is 0 Å². The van der Waals surface area contributed by atoms with Gasteiger partial charge in [0.25, 0.3) is 0 Å². The van der Waals surface area contributed by atoms with E-state index in [1.807, 2.05) is 18.2 Å². The van der Waals surface area contributed by atoms with E-state index in [0.717, 1.165) is 12.0 Å². The van der Waals surface area contributed by atoms with Gasteiger partial charge >= 0.3 is 0 Å². The summed E-state index contributed by atoms with van der Waals surface area (Å²) in [5, 5.41) is 9.19. The van der Waals surface area contributed by atoms with Crippen LogP contribution in [0.2, 0.25) is 0 Å². The Labute approximate surface area is 102 Å². The monoisotopic (exact) mass is 266 g/mol. The molecular weight excluding hydrogens is 253 g/mol. The van der Waals surface area contributed by atoms with Gasteiger partial charge in [0.15, 0.2) is 0 Å². The summed E-state index contributed by atoms with van der Waals surface area (Å²) in [6, 6.07) is 7.27. The van der Waals surface area contributed by atoms with E-state index >= 15 is 0 Å². The number of hydrogen-bond donors (Lipinski definition) is 1. The van der Waals surface area contributed by atoms with E-state index in [1.165, 1.54) is 0 Å². The molecule has 70 valence electrons. The smallest absolute Gasteiger partial charge is 0.119 e. The maximum Gasteiger partial charge on any atom is 0.119 e. The molecule has 0 aliphatic rings. The largest absolute Gasteiger partial charge is 0.508 e. The molecule has 0 saturated heterocycles. The zero-order chi connectivity index (χ0) is 7.40. The molecule has 1 nitrogen and oxygen atoms in total. The third-order valence-corrected chi connectivity index (χ3v) is 1.36. The summed E-state index contributed by atoms with van der Waals surface area (Å²) in [5.74, 6) is 0.349. The van der Waals surface area contributed by atoms with Crippen molar-refractivity contribution in [2.45, 2.75) is 6.42 Å². The summed E-state index contributed by atoms with van der Waals surface area (Å²) in [4.78, 5) is 0. The molecule has 0 aliphatic heterocycles. The Hall–Kier alpha value is 0.163. The average Bonchev–Trinajstić information content (AvgIpc) is 1.94. The Morgan fingerprint density at radius 2 is 1.85 bits per heavy atom. The van der Waals surface area contributed by atoms with Crippen LogP contribution in [-0.4, -0.2) is 5.11 Å². The van der Waals surface area contributed by atoms with E-state index in [1.54, 1.807) is 12.1 Å². The number of benzene rings is 1. The van der Waals surface area contributed by atoms with Gasteiger partial charge in [-0.05, 0) is 18.1 Å². The molecule has 0 heterocycles. The fourth-order valence-corrected chi connectivity index (χ4v) is 0.839. The van der Waals surface area contributed by atoms with Crippen molar-refractivity contribution in [2.75, 3.05) is 0 Å². The van der Waals surface area contributed by atoms with Gasteiger partial charge in [-0.15, -0.1) is 6.58 Å². The van der Waals surface area contributed by atoms with Crippen molar-refractivity contribution in [1.82, 2.24) is 0 Å². The van der Waals surface area contributed by atoms with Crippen molar-refractivity contribution in [2.24, 2.45) is 0 Å². The fourth-order valence-electron chi connectivity index (χ4n) is 0.839. The number of allylic oxidation sites excluding steroid dienone is 1. The van der Waals surface area contributed by atoms with E-state index in [4.69, 9.17) is 0 Å². The first-order valence-electron chi connectivity index (χ1n) is 3.22. The summed E-state index contributed by atoms with van der Waals surface area (Å²) in [5.41, 5.74) is 0.928. The Balaban J connectivity index is -0.000000333. The summed E-state index contributed by atoms with van der Waals surface area (Å²) in [6.07, 6.45) is 2.50. The molecule has 1 N–H and O–H groups in total. The Morgan fingerprint density at radius 1 is 1.31 bits per heavy atom. The van der Waals surface area contributed by atoms with Crippen LogP contribution in [-0.2, 0) is 25.9 Å². The molecule has 0 bridgehead atoms. The van der Waals surface area contributed by atoms with Crippen LogP contribution in [0.5, 0.6) is 5.75 Å². The van der Waals surface area contributed by atoms with Crippen LogP contribution in [0.15, 0.2) is 36.9 Å². The second-order valence-electron chi connectivity index (χ2n) is 2.12. The molecule has 0 radical (unpaired) electrons. The van der Waals surface area contributed by atoms with Gasteiger partial charge in [0.1, 0.15) is 5.75 Å². The quantitative estimate of drug-likeness (QED) is 0.495. The number of rotatable bonds is 2. The van der Waals surface area contributed by atoms with E-state index in [-0.39, 0.29) is 42.9 Å². The molecule has 0 aliphatic carbocycles. The first-order chi connectivity index (χ1) is 4.84. The normalized spacial score (nSPS) is 7.08. The number of aromatic hydroxyl groups is 1. The first kappa shape index (κ1) is 18.9. The van der Waals surface area contributed by atoms with Gasteiger partial charge in [-0.25, -0.2) is 0 Å². The van der Waals surface area contributed by atoms with Crippen molar-refractivity contribution in [1.29, 1.82) is 0 Å². The third kappa shape index (κ3) is 6.26. The molecule has 1 unspecified atom stereocenters. The van der Waals surface area contributed by atoms with Gasteiger partial charge in [-0.2, -0.15) is 23.4 Å². The zero-order valence-corrected chi connectivity index (χ0v) is 13.0. The topological polar surface area (TPSA) is 20.2 Å². The Kier molecular flexibility index (Phi) is 14.9. The van der Waals surface area contributed by atoms with Gasteiger partial charge in [-0.1, -0.05) is 24.3 Å².